The average molecular weight is 362 g/mol. The smallest absolute Gasteiger partial charge is 0.162 e. The summed E-state index contributed by atoms with van der Waals surface area (Å²) >= 11 is 15.2. The molecule has 0 unspecified atom stereocenters. The molecule has 0 saturated carbocycles. The molecule has 1 heterocycles. The molecule has 6 heteroatoms. The van der Waals surface area contributed by atoms with Crippen LogP contribution in [-0.4, -0.2) is 16.6 Å². The number of aromatic nitrogens is 2. The van der Waals surface area contributed by atoms with E-state index in [-0.39, 0.29) is 10.3 Å². The lowest BCUT2D eigenvalue weighted by molar-refractivity contribution is 0.317. The first-order valence-electron chi connectivity index (χ1n) is 5.73. The molecule has 0 fully saturated rings. The fourth-order valence-corrected chi connectivity index (χ4v) is 2.03. The molecule has 0 aliphatic rings. The highest BCUT2D eigenvalue weighted by atomic mass is 79.9. The first kappa shape index (κ1) is 14.6. The van der Waals surface area contributed by atoms with Crippen LogP contribution in [0.25, 0.3) is 11.4 Å². The minimum Gasteiger partial charge on any atom is -0.494 e. The lowest BCUT2D eigenvalue weighted by Crippen LogP contribution is -1.96. The van der Waals surface area contributed by atoms with Crippen LogP contribution in [0.5, 0.6) is 5.75 Å². The molecule has 0 aliphatic carbocycles. The Morgan fingerprint density at radius 1 is 1.21 bits per heavy atom. The summed E-state index contributed by atoms with van der Waals surface area (Å²) in [4.78, 5) is 8.39. The highest BCUT2D eigenvalue weighted by molar-refractivity contribution is 9.10. The van der Waals surface area contributed by atoms with Gasteiger partial charge in [-0.2, -0.15) is 0 Å². The first-order valence-corrected chi connectivity index (χ1v) is 7.28. The minimum absolute atomic E-state index is 0.287. The van der Waals surface area contributed by atoms with Crippen molar-refractivity contribution in [2.24, 2.45) is 0 Å². The average Bonchev–Trinajstić information content (AvgIpc) is 2.42. The lowest BCUT2D eigenvalue weighted by Gasteiger charge is -2.07. The second kappa shape index (κ2) is 6.55. The zero-order chi connectivity index (χ0) is 13.8. The first-order chi connectivity index (χ1) is 9.11. The molecule has 100 valence electrons. The summed E-state index contributed by atoms with van der Waals surface area (Å²) in [7, 11) is 0. The summed E-state index contributed by atoms with van der Waals surface area (Å²) in [5, 5.41) is 0.574. The van der Waals surface area contributed by atoms with Gasteiger partial charge in [-0.25, -0.2) is 9.97 Å². The van der Waals surface area contributed by atoms with E-state index in [0.29, 0.717) is 16.9 Å². The molecular formula is C13H11BrCl2N2O. The van der Waals surface area contributed by atoms with E-state index < -0.39 is 0 Å². The van der Waals surface area contributed by atoms with E-state index in [2.05, 4.69) is 32.8 Å². The number of ether oxygens (including phenoxy) is 1. The SMILES string of the molecule is CCCOc1cccc(-c2nc(Cl)c(Br)c(Cl)n2)c1. The van der Waals surface area contributed by atoms with Gasteiger partial charge in [-0.15, -0.1) is 0 Å². The van der Waals surface area contributed by atoms with Gasteiger partial charge in [0.2, 0.25) is 0 Å². The van der Waals surface area contributed by atoms with Crippen molar-refractivity contribution in [2.45, 2.75) is 13.3 Å². The molecule has 0 N–H and O–H groups in total. The van der Waals surface area contributed by atoms with Gasteiger partial charge >= 0.3 is 0 Å². The normalized spacial score (nSPS) is 10.5. The van der Waals surface area contributed by atoms with Gasteiger partial charge in [0.25, 0.3) is 0 Å². The summed E-state index contributed by atoms with van der Waals surface area (Å²) < 4.78 is 6.07. The fourth-order valence-electron chi connectivity index (χ4n) is 1.47. The van der Waals surface area contributed by atoms with Gasteiger partial charge in [-0.1, -0.05) is 42.3 Å². The van der Waals surface area contributed by atoms with Gasteiger partial charge in [0, 0.05) is 5.56 Å². The van der Waals surface area contributed by atoms with Crippen LogP contribution >= 0.6 is 39.1 Å². The highest BCUT2D eigenvalue weighted by Crippen LogP contribution is 2.30. The number of halogens is 3. The lowest BCUT2D eigenvalue weighted by atomic mass is 10.2. The van der Waals surface area contributed by atoms with Crippen molar-refractivity contribution < 1.29 is 4.74 Å². The Hall–Kier alpha value is -0.840. The molecule has 2 rings (SSSR count). The fraction of sp³-hybridized carbons (Fsp3) is 0.231. The van der Waals surface area contributed by atoms with Gasteiger partial charge in [-0.3, -0.25) is 0 Å². The van der Waals surface area contributed by atoms with Crippen LogP contribution in [0.2, 0.25) is 10.3 Å². The van der Waals surface area contributed by atoms with E-state index in [1.54, 1.807) is 0 Å². The van der Waals surface area contributed by atoms with Crippen LogP contribution in [0.15, 0.2) is 28.7 Å². The maximum Gasteiger partial charge on any atom is 0.162 e. The number of rotatable bonds is 4. The summed E-state index contributed by atoms with van der Waals surface area (Å²) in [5.74, 6) is 1.25. The number of nitrogens with zero attached hydrogens (tertiary/aromatic N) is 2. The van der Waals surface area contributed by atoms with Crippen LogP contribution in [0, 0.1) is 0 Å². The number of benzene rings is 1. The molecule has 3 nitrogen and oxygen atoms in total. The Morgan fingerprint density at radius 3 is 2.53 bits per heavy atom. The highest BCUT2D eigenvalue weighted by Gasteiger charge is 2.11. The molecule has 0 amide bonds. The molecule has 19 heavy (non-hydrogen) atoms. The van der Waals surface area contributed by atoms with Gasteiger partial charge < -0.3 is 4.74 Å². The number of hydrogen-bond donors (Lipinski definition) is 0. The molecule has 0 spiro atoms. The van der Waals surface area contributed by atoms with Crippen LogP contribution < -0.4 is 4.74 Å². The van der Waals surface area contributed by atoms with Crippen molar-refractivity contribution in [1.29, 1.82) is 0 Å². The molecule has 2 aromatic rings. The Balaban J connectivity index is 2.36. The summed E-state index contributed by atoms with van der Waals surface area (Å²) in [5.41, 5.74) is 0.810. The Kier molecular flexibility index (Phi) is 5.02. The third-order valence-corrected chi connectivity index (χ3v) is 4.09. The van der Waals surface area contributed by atoms with Crippen molar-refractivity contribution in [1.82, 2.24) is 9.97 Å². The summed E-state index contributed by atoms with van der Waals surface area (Å²) in [6, 6.07) is 7.52. The molecular weight excluding hydrogens is 351 g/mol. The summed E-state index contributed by atoms with van der Waals surface area (Å²) in [6.07, 6.45) is 0.955. The van der Waals surface area contributed by atoms with E-state index >= 15 is 0 Å². The summed E-state index contributed by atoms with van der Waals surface area (Å²) in [6.45, 7) is 2.73. The predicted molar refractivity (Wildman–Crippen MR) is 81.0 cm³/mol. The van der Waals surface area contributed by atoms with E-state index in [1.807, 2.05) is 24.3 Å². The molecule has 0 aliphatic heterocycles. The van der Waals surface area contributed by atoms with Crippen LogP contribution in [0.1, 0.15) is 13.3 Å². The molecule has 0 atom stereocenters. The van der Waals surface area contributed by atoms with Crippen molar-refractivity contribution in [3.05, 3.63) is 39.0 Å². The Bertz CT molecular complexity index is 570. The van der Waals surface area contributed by atoms with Gasteiger partial charge in [0.05, 0.1) is 11.1 Å². The Labute approximate surface area is 130 Å². The standard InChI is InChI=1S/C13H11BrCl2N2O/c1-2-6-19-9-5-3-4-8(7-9)13-17-11(15)10(14)12(16)18-13/h3-5,7H,2,6H2,1H3. The number of hydrogen-bond acceptors (Lipinski definition) is 3. The maximum atomic E-state index is 5.98. The molecule has 0 radical (unpaired) electrons. The zero-order valence-corrected chi connectivity index (χ0v) is 13.3. The third-order valence-electron chi connectivity index (χ3n) is 2.34. The van der Waals surface area contributed by atoms with Crippen molar-refractivity contribution in [3.63, 3.8) is 0 Å². The van der Waals surface area contributed by atoms with Crippen molar-refractivity contribution in [3.8, 4) is 17.1 Å². The van der Waals surface area contributed by atoms with Gasteiger partial charge in [0.1, 0.15) is 16.1 Å². The van der Waals surface area contributed by atoms with E-state index in [0.717, 1.165) is 17.7 Å². The largest absolute Gasteiger partial charge is 0.494 e. The van der Waals surface area contributed by atoms with E-state index in [4.69, 9.17) is 27.9 Å². The Morgan fingerprint density at radius 2 is 1.89 bits per heavy atom. The molecule has 0 bridgehead atoms. The monoisotopic (exact) mass is 360 g/mol. The third kappa shape index (κ3) is 3.59. The zero-order valence-electron chi connectivity index (χ0n) is 10.2. The van der Waals surface area contributed by atoms with E-state index in [1.165, 1.54) is 0 Å². The van der Waals surface area contributed by atoms with Crippen molar-refractivity contribution in [2.75, 3.05) is 6.61 Å². The maximum absolute atomic E-state index is 5.98. The van der Waals surface area contributed by atoms with Crippen LogP contribution in [0.4, 0.5) is 0 Å². The molecule has 1 aromatic heterocycles. The molecule has 1 aromatic carbocycles. The second-order valence-electron chi connectivity index (χ2n) is 3.82. The predicted octanol–water partition coefficient (Wildman–Crippen LogP) is 5.00. The van der Waals surface area contributed by atoms with Crippen LogP contribution in [0.3, 0.4) is 0 Å². The van der Waals surface area contributed by atoms with Crippen LogP contribution in [-0.2, 0) is 0 Å². The van der Waals surface area contributed by atoms with Crippen molar-refractivity contribution >= 4 is 39.1 Å². The van der Waals surface area contributed by atoms with Gasteiger partial charge in [0.15, 0.2) is 5.82 Å². The topological polar surface area (TPSA) is 35.0 Å². The molecule has 0 saturated heterocycles. The van der Waals surface area contributed by atoms with Gasteiger partial charge in [-0.05, 0) is 34.5 Å². The minimum atomic E-state index is 0.287. The quantitative estimate of drug-likeness (QED) is 0.718. The van der Waals surface area contributed by atoms with E-state index in [9.17, 15) is 0 Å². The second-order valence-corrected chi connectivity index (χ2v) is 5.33.